The van der Waals surface area contributed by atoms with Crippen LogP contribution in [0.4, 0.5) is 0 Å². The fourth-order valence-electron chi connectivity index (χ4n) is 2.42. The van der Waals surface area contributed by atoms with E-state index in [4.69, 9.17) is 0 Å². The van der Waals surface area contributed by atoms with Gasteiger partial charge >= 0.3 is 0 Å². The third kappa shape index (κ3) is 3.06. The van der Waals surface area contributed by atoms with Gasteiger partial charge in [0, 0.05) is 31.5 Å². The molecule has 3 aromatic rings. The van der Waals surface area contributed by atoms with Crippen molar-refractivity contribution in [1.82, 2.24) is 14.9 Å². The maximum Gasteiger partial charge on any atom is 0.0946 e. The first kappa shape index (κ1) is 12.9. The molecule has 0 spiro atoms. The SMILES string of the molecule is C[C@H](Cn1ccnc1)NCc1ccc2ccccc2c1. The van der Waals surface area contributed by atoms with Gasteiger partial charge in [0.1, 0.15) is 0 Å². The molecule has 1 N–H and O–H groups in total. The predicted molar refractivity (Wildman–Crippen MR) is 82.5 cm³/mol. The molecule has 0 unspecified atom stereocenters. The fraction of sp³-hybridized carbons (Fsp3) is 0.235. The van der Waals surface area contributed by atoms with Crippen LogP contribution in [0.5, 0.6) is 0 Å². The van der Waals surface area contributed by atoms with E-state index in [0.717, 1.165) is 13.1 Å². The molecular weight excluding hydrogens is 246 g/mol. The summed E-state index contributed by atoms with van der Waals surface area (Å²) in [5.74, 6) is 0. The minimum absolute atomic E-state index is 0.413. The van der Waals surface area contributed by atoms with Crippen molar-refractivity contribution < 1.29 is 0 Å². The van der Waals surface area contributed by atoms with Crippen LogP contribution in [0.15, 0.2) is 61.2 Å². The van der Waals surface area contributed by atoms with Gasteiger partial charge in [-0.3, -0.25) is 0 Å². The summed E-state index contributed by atoms with van der Waals surface area (Å²) in [4.78, 5) is 4.06. The fourth-order valence-corrected chi connectivity index (χ4v) is 2.42. The average molecular weight is 265 g/mol. The molecule has 3 nitrogen and oxygen atoms in total. The second-order valence-electron chi connectivity index (χ2n) is 5.22. The second-order valence-corrected chi connectivity index (χ2v) is 5.22. The standard InChI is InChI=1S/C17H19N3/c1-14(12-20-9-8-18-13-20)19-11-15-6-7-16-4-2-3-5-17(16)10-15/h2-10,13-14,19H,11-12H2,1H3/t14-/m1/s1. The molecule has 0 aliphatic carbocycles. The molecule has 0 aliphatic heterocycles. The van der Waals surface area contributed by atoms with Crippen molar-refractivity contribution in [2.75, 3.05) is 0 Å². The lowest BCUT2D eigenvalue weighted by atomic mass is 10.1. The van der Waals surface area contributed by atoms with E-state index in [1.165, 1.54) is 16.3 Å². The largest absolute Gasteiger partial charge is 0.336 e. The second kappa shape index (κ2) is 5.88. The highest BCUT2D eigenvalue weighted by atomic mass is 15.1. The summed E-state index contributed by atoms with van der Waals surface area (Å²) in [6.45, 7) is 4.02. The quantitative estimate of drug-likeness (QED) is 0.767. The molecule has 3 heteroatoms. The maximum absolute atomic E-state index is 4.06. The Morgan fingerprint density at radius 3 is 2.80 bits per heavy atom. The summed E-state index contributed by atoms with van der Waals surface area (Å²) < 4.78 is 2.10. The van der Waals surface area contributed by atoms with Crippen LogP contribution in [0, 0.1) is 0 Å². The van der Waals surface area contributed by atoms with Gasteiger partial charge in [-0.2, -0.15) is 0 Å². The van der Waals surface area contributed by atoms with E-state index in [-0.39, 0.29) is 0 Å². The summed E-state index contributed by atoms with van der Waals surface area (Å²) >= 11 is 0. The first-order valence-corrected chi connectivity index (χ1v) is 6.98. The first-order chi connectivity index (χ1) is 9.81. The van der Waals surface area contributed by atoms with Crippen LogP contribution in [0.2, 0.25) is 0 Å². The van der Waals surface area contributed by atoms with Gasteiger partial charge in [0.15, 0.2) is 0 Å². The zero-order valence-corrected chi connectivity index (χ0v) is 11.7. The van der Waals surface area contributed by atoms with Crippen LogP contribution in [0.25, 0.3) is 10.8 Å². The third-order valence-electron chi connectivity index (χ3n) is 3.51. The topological polar surface area (TPSA) is 29.9 Å². The van der Waals surface area contributed by atoms with Crippen LogP contribution in [-0.4, -0.2) is 15.6 Å². The number of imidazole rings is 1. The number of rotatable bonds is 5. The lowest BCUT2D eigenvalue weighted by molar-refractivity contribution is 0.476. The molecule has 1 aromatic heterocycles. The predicted octanol–water partition coefficient (Wildman–Crippen LogP) is 3.21. The normalized spacial score (nSPS) is 12.7. The summed E-state index contributed by atoms with van der Waals surface area (Å²) in [6.07, 6.45) is 5.67. The van der Waals surface area contributed by atoms with Gasteiger partial charge in [0.2, 0.25) is 0 Å². The van der Waals surface area contributed by atoms with Gasteiger partial charge in [-0.15, -0.1) is 0 Å². The van der Waals surface area contributed by atoms with Gasteiger partial charge in [-0.25, -0.2) is 4.98 Å². The molecule has 0 saturated heterocycles. The number of fused-ring (bicyclic) bond motifs is 1. The zero-order valence-electron chi connectivity index (χ0n) is 11.7. The van der Waals surface area contributed by atoms with Gasteiger partial charge in [0.05, 0.1) is 6.33 Å². The van der Waals surface area contributed by atoms with Crippen LogP contribution in [0.1, 0.15) is 12.5 Å². The smallest absolute Gasteiger partial charge is 0.0946 e. The molecule has 0 radical (unpaired) electrons. The van der Waals surface area contributed by atoms with Crippen LogP contribution >= 0.6 is 0 Å². The summed E-state index contributed by atoms with van der Waals surface area (Å²) in [7, 11) is 0. The lowest BCUT2D eigenvalue weighted by Gasteiger charge is -2.14. The minimum Gasteiger partial charge on any atom is -0.336 e. The Balaban J connectivity index is 1.61. The number of hydrogen-bond donors (Lipinski definition) is 1. The molecular formula is C17H19N3. The van der Waals surface area contributed by atoms with Gasteiger partial charge in [-0.1, -0.05) is 36.4 Å². The van der Waals surface area contributed by atoms with E-state index in [2.05, 4.69) is 64.3 Å². The molecule has 102 valence electrons. The molecule has 1 heterocycles. The van der Waals surface area contributed by atoms with Crippen molar-refractivity contribution >= 4 is 10.8 Å². The highest BCUT2D eigenvalue weighted by Crippen LogP contribution is 2.15. The molecule has 3 rings (SSSR count). The number of nitrogens with zero attached hydrogens (tertiary/aromatic N) is 2. The molecule has 1 atom stereocenters. The number of nitrogens with one attached hydrogen (secondary N) is 1. The van der Waals surface area contributed by atoms with E-state index in [1.807, 2.05) is 18.7 Å². The molecule has 0 aliphatic rings. The van der Waals surface area contributed by atoms with Gasteiger partial charge < -0.3 is 9.88 Å². The van der Waals surface area contributed by atoms with Crippen molar-refractivity contribution in [2.45, 2.75) is 26.1 Å². The Bertz CT molecular complexity index is 674. The van der Waals surface area contributed by atoms with E-state index in [9.17, 15) is 0 Å². The van der Waals surface area contributed by atoms with Gasteiger partial charge in [0.25, 0.3) is 0 Å². The Morgan fingerprint density at radius 2 is 2.00 bits per heavy atom. The van der Waals surface area contributed by atoms with Crippen LogP contribution in [0.3, 0.4) is 0 Å². The van der Waals surface area contributed by atoms with E-state index < -0.39 is 0 Å². The van der Waals surface area contributed by atoms with E-state index in [1.54, 1.807) is 0 Å². The molecule has 2 aromatic carbocycles. The molecule has 20 heavy (non-hydrogen) atoms. The maximum atomic E-state index is 4.06. The Morgan fingerprint density at radius 1 is 1.15 bits per heavy atom. The molecule has 0 saturated carbocycles. The third-order valence-corrected chi connectivity index (χ3v) is 3.51. The van der Waals surface area contributed by atoms with E-state index in [0.29, 0.717) is 6.04 Å². The zero-order chi connectivity index (χ0) is 13.8. The summed E-state index contributed by atoms with van der Waals surface area (Å²) in [5.41, 5.74) is 1.32. The van der Waals surface area contributed by atoms with Crippen molar-refractivity contribution in [3.63, 3.8) is 0 Å². The molecule has 0 amide bonds. The lowest BCUT2D eigenvalue weighted by Crippen LogP contribution is -2.29. The number of aromatic nitrogens is 2. The van der Waals surface area contributed by atoms with Crippen LogP contribution < -0.4 is 5.32 Å². The average Bonchev–Trinajstić information content (AvgIpc) is 2.98. The Kier molecular flexibility index (Phi) is 3.79. The molecule has 0 fully saturated rings. The van der Waals surface area contributed by atoms with Crippen molar-refractivity contribution in [3.05, 3.63) is 66.7 Å². The molecule has 0 bridgehead atoms. The van der Waals surface area contributed by atoms with E-state index >= 15 is 0 Å². The summed E-state index contributed by atoms with van der Waals surface area (Å²) in [5, 5.41) is 6.15. The highest BCUT2D eigenvalue weighted by molar-refractivity contribution is 5.82. The monoisotopic (exact) mass is 265 g/mol. The van der Waals surface area contributed by atoms with Crippen molar-refractivity contribution in [3.8, 4) is 0 Å². The van der Waals surface area contributed by atoms with Crippen LogP contribution in [-0.2, 0) is 13.1 Å². The number of hydrogen-bond acceptors (Lipinski definition) is 2. The van der Waals surface area contributed by atoms with Gasteiger partial charge in [-0.05, 0) is 29.3 Å². The Labute approximate surface area is 119 Å². The first-order valence-electron chi connectivity index (χ1n) is 6.98. The van der Waals surface area contributed by atoms with Crippen molar-refractivity contribution in [1.29, 1.82) is 0 Å². The van der Waals surface area contributed by atoms with Crippen molar-refractivity contribution in [2.24, 2.45) is 0 Å². The summed E-state index contributed by atoms with van der Waals surface area (Å²) in [6, 6.07) is 15.5. The number of benzene rings is 2. The Hall–Kier alpha value is -2.13. The minimum atomic E-state index is 0.413. The highest BCUT2D eigenvalue weighted by Gasteiger charge is 2.03.